The maximum Gasteiger partial charge on any atom is 0.307 e. The fourth-order valence-electron chi connectivity index (χ4n) is 1.86. The van der Waals surface area contributed by atoms with E-state index in [2.05, 4.69) is 27.7 Å². The van der Waals surface area contributed by atoms with Gasteiger partial charge < -0.3 is 10.2 Å². The van der Waals surface area contributed by atoms with Crippen LogP contribution in [0.1, 0.15) is 38.8 Å². The van der Waals surface area contributed by atoms with Gasteiger partial charge in [0.1, 0.15) is 11.6 Å². The van der Waals surface area contributed by atoms with Crippen LogP contribution in [-0.4, -0.2) is 16.2 Å². The highest BCUT2D eigenvalue weighted by Gasteiger charge is 2.12. The number of hydrogen-bond acceptors (Lipinski definition) is 2. The first kappa shape index (κ1) is 18.0. The van der Waals surface area contributed by atoms with Crippen molar-refractivity contribution >= 4 is 16.7 Å². The van der Waals surface area contributed by atoms with Crippen LogP contribution in [0, 0.1) is 18.2 Å². The minimum Gasteiger partial charge on any atom is -0.507 e. The number of aromatic hydroxyl groups is 1. The lowest BCUT2D eigenvalue weighted by molar-refractivity contribution is -0.136. The average molecular weight is 306 g/mol. The van der Waals surface area contributed by atoms with Gasteiger partial charge in [-0.05, 0) is 41.0 Å². The molecule has 120 valence electrons. The molecule has 0 aliphatic carbocycles. The van der Waals surface area contributed by atoms with Crippen LogP contribution in [0.15, 0.2) is 24.3 Å². The van der Waals surface area contributed by atoms with Gasteiger partial charge in [-0.3, -0.25) is 4.79 Å². The first-order valence-electron chi connectivity index (χ1n) is 7.11. The molecule has 0 heterocycles. The summed E-state index contributed by atoms with van der Waals surface area (Å²) >= 11 is 0. The number of fused-ring (bicyclic) bond motifs is 1. The standard InChI is InChI=1S/C13H11FO3.C5H12/c1-7-9(5-12(15)16)4-8-2-3-10(14)6-11(8)13(7)17;1-5(2,3)4/h2-4,6,17H,5H2,1H3,(H,15,16);1-4H3. The van der Waals surface area contributed by atoms with Gasteiger partial charge in [0.15, 0.2) is 0 Å². The fourth-order valence-corrected chi connectivity index (χ4v) is 1.86. The van der Waals surface area contributed by atoms with Crippen molar-refractivity contribution in [2.45, 2.75) is 41.0 Å². The summed E-state index contributed by atoms with van der Waals surface area (Å²) in [6, 6.07) is 5.71. The number of aliphatic carboxylic acids is 1. The van der Waals surface area contributed by atoms with E-state index in [1.807, 2.05) is 0 Å². The second-order valence-corrected chi connectivity index (χ2v) is 6.95. The van der Waals surface area contributed by atoms with E-state index in [1.54, 1.807) is 13.0 Å². The zero-order valence-corrected chi connectivity index (χ0v) is 13.7. The number of phenols is 1. The summed E-state index contributed by atoms with van der Waals surface area (Å²) in [6.45, 7) is 10.4. The van der Waals surface area contributed by atoms with E-state index in [9.17, 15) is 14.3 Å². The molecule has 2 N–H and O–H groups in total. The van der Waals surface area contributed by atoms with Crippen molar-refractivity contribution < 1.29 is 19.4 Å². The predicted octanol–water partition coefficient (Wildman–Crippen LogP) is 4.67. The fraction of sp³-hybridized carbons (Fsp3) is 0.389. The molecule has 0 aliphatic heterocycles. The number of rotatable bonds is 2. The summed E-state index contributed by atoms with van der Waals surface area (Å²) in [5.74, 6) is -1.45. The van der Waals surface area contributed by atoms with Gasteiger partial charge >= 0.3 is 5.97 Å². The number of phenolic OH excluding ortho intramolecular Hbond substituents is 1. The highest BCUT2D eigenvalue weighted by atomic mass is 19.1. The van der Waals surface area contributed by atoms with Crippen molar-refractivity contribution in [2.75, 3.05) is 0 Å². The Morgan fingerprint density at radius 2 is 1.73 bits per heavy atom. The minimum absolute atomic E-state index is 0.0572. The van der Waals surface area contributed by atoms with Gasteiger partial charge in [-0.15, -0.1) is 0 Å². The third-order valence-corrected chi connectivity index (χ3v) is 2.78. The van der Waals surface area contributed by atoms with E-state index >= 15 is 0 Å². The van der Waals surface area contributed by atoms with E-state index < -0.39 is 11.8 Å². The van der Waals surface area contributed by atoms with Crippen LogP contribution >= 0.6 is 0 Å². The highest BCUT2D eigenvalue weighted by Crippen LogP contribution is 2.32. The second kappa shape index (κ2) is 6.77. The van der Waals surface area contributed by atoms with E-state index in [-0.39, 0.29) is 12.2 Å². The van der Waals surface area contributed by atoms with Gasteiger partial charge in [-0.1, -0.05) is 39.8 Å². The third kappa shape index (κ3) is 5.35. The zero-order chi connectivity index (χ0) is 17.1. The monoisotopic (exact) mass is 306 g/mol. The second-order valence-electron chi connectivity index (χ2n) is 6.95. The Hall–Kier alpha value is -2.10. The topological polar surface area (TPSA) is 57.5 Å². The van der Waals surface area contributed by atoms with Crippen LogP contribution in [0.5, 0.6) is 5.75 Å². The van der Waals surface area contributed by atoms with Crippen LogP contribution in [0.3, 0.4) is 0 Å². The molecule has 2 aromatic rings. The normalized spacial score (nSPS) is 11.0. The Morgan fingerprint density at radius 3 is 2.23 bits per heavy atom. The van der Waals surface area contributed by atoms with Crippen molar-refractivity contribution in [2.24, 2.45) is 5.41 Å². The largest absolute Gasteiger partial charge is 0.507 e. The van der Waals surface area contributed by atoms with Crippen LogP contribution in [-0.2, 0) is 11.2 Å². The Morgan fingerprint density at radius 1 is 1.18 bits per heavy atom. The van der Waals surface area contributed by atoms with E-state index in [1.165, 1.54) is 18.2 Å². The molecule has 3 nitrogen and oxygen atoms in total. The number of benzene rings is 2. The number of halogens is 1. The average Bonchev–Trinajstić information content (AvgIpc) is 2.34. The first-order chi connectivity index (χ1) is 9.99. The molecule has 0 bridgehead atoms. The van der Waals surface area contributed by atoms with E-state index in [4.69, 9.17) is 5.11 Å². The number of carbonyl (C=O) groups is 1. The van der Waals surface area contributed by atoms with Gasteiger partial charge in [0.2, 0.25) is 0 Å². The molecule has 4 heteroatoms. The minimum atomic E-state index is -0.964. The van der Waals surface area contributed by atoms with Crippen LogP contribution < -0.4 is 0 Å². The molecule has 0 aromatic heterocycles. The van der Waals surface area contributed by atoms with E-state index in [0.29, 0.717) is 27.3 Å². The van der Waals surface area contributed by atoms with Crippen LogP contribution in [0.2, 0.25) is 0 Å². The molecule has 22 heavy (non-hydrogen) atoms. The Kier molecular flexibility index (Phi) is 5.53. The molecular formula is C18H23FO3. The molecule has 0 saturated heterocycles. The van der Waals surface area contributed by atoms with Gasteiger partial charge in [0, 0.05) is 5.39 Å². The molecule has 0 spiro atoms. The Labute approximate surface area is 130 Å². The van der Waals surface area contributed by atoms with Crippen molar-refractivity contribution in [3.63, 3.8) is 0 Å². The van der Waals surface area contributed by atoms with E-state index in [0.717, 1.165) is 0 Å². The quantitative estimate of drug-likeness (QED) is 0.847. The van der Waals surface area contributed by atoms with Crippen LogP contribution in [0.4, 0.5) is 4.39 Å². The number of carboxylic acids is 1. The molecule has 0 aliphatic rings. The van der Waals surface area contributed by atoms with Gasteiger partial charge in [-0.25, -0.2) is 4.39 Å². The van der Waals surface area contributed by atoms with Gasteiger partial charge in [0.05, 0.1) is 6.42 Å². The Balaban J connectivity index is 0.000000422. The maximum absolute atomic E-state index is 13.1. The molecule has 2 rings (SSSR count). The van der Waals surface area contributed by atoms with Crippen molar-refractivity contribution in [1.82, 2.24) is 0 Å². The molecule has 0 radical (unpaired) electrons. The summed E-state index contributed by atoms with van der Waals surface area (Å²) in [5, 5.41) is 19.7. The molecule has 0 atom stereocenters. The summed E-state index contributed by atoms with van der Waals surface area (Å²) in [5.41, 5.74) is 1.51. The first-order valence-corrected chi connectivity index (χ1v) is 7.11. The molecule has 0 unspecified atom stereocenters. The lowest BCUT2D eigenvalue weighted by atomic mass is 9.98. The van der Waals surface area contributed by atoms with Crippen molar-refractivity contribution in [3.8, 4) is 5.75 Å². The summed E-state index contributed by atoms with van der Waals surface area (Å²) < 4.78 is 13.1. The number of hydrogen-bond donors (Lipinski definition) is 2. The molecular weight excluding hydrogens is 283 g/mol. The molecule has 0 saturated carbocycles. The van der Waals surface area contributed by atoms with Crippen molar-refractivity contribution in [3.05, 3.63) is 41.2 Å². The molecule has 0 amide bonds. The number of carboxylic acid groups (broad SMARTS) is 1. The summed E-state index contributed by atoms with van der Waals surface area (Å²) in [7, 11) is 0. The Bertz CT molecular complexity index is 679. The smallest absolute Gasteiger partial charge is 0.307 e. The van der Waals surface area contributed by atoms with Gasteiger partial charge in [0.25, 0.3) is 0 Å². The van der Waals surface area contributed by atoms with Crippen LogP contribution in [0.25, 0.3) is 10.8 Å². The maximum atomic E-state index is 13.1. The lowest BCUT2D eigenvalue weighted by Gasteiger charge is -2.09. The van der Waals surface area contributed by atoms with Crippen molar-refractivity contribution in [1.29, 1.82) is 0 Å². The zero-order valence-electron chi connectivity index (χ0n) is 13.7. The van der Waals surface area contributed by atoms with Gasteiger partial charge in [-0.2, -0.15) is 0 Å². The molecule has 0 fully saturated rings. The third-order valence-electron chi connectivity index (χ3n) is 2.78. The SMILES string of the molecule is CC(C)(C)C.Cc1c(CC(=O)O)cc2ccc(F)cc2c1O. The molecule has 2 aromatic carbocycles. The predicted molar refractivity (Wildman–Crippen MR) is 86.8 cm³/mol. The lowest BCUT2D eigenvalue weighted by Crippen LogP contribution is -2.02. The highest BCUT2D eigenvalue weighted by molar-refractivity contribution is 5.91. The summed E-state index contributed by atoms with van der Waals surface area (Å²) in [4.78, 5) is 10.7. The summed E-state index contributed by atoms with van der Waals surface area (Å²) in [6.07, 6.45) is -0.160.